The number of carbonyl (C=O) groups excluding carboxylic acids is 1. The highest BCUT2D eigenvalue weighted by atomic mass is 35.5. The molecule has 6 heteroatoms. The van der Waals surface area contributed by atoms with Crippen molar-refractivity contribution in [3.05, 3.63) is 49.6 Å². The van der Waals surface area contributed by atoms with Gasteiger partial charge in [-0.3, -0.25) is 4.79 Å². The lowest BCUT2D eigenvalue weighted by molar-refractivity contribution is -0.116. The molecule has 0 aliphatic carbocycles. The largest absolute Gasteiger partial charge is 0.326 e. The van der Waals surface area contributed by atoms with Gasteiger partial charge in [0.1, 0.15) is 0 Å². The number of benzene rings is 1. The Morgan fingerprint density at radius 2 is 2.10 bits per heavy atom. The second-order valence-electron chi connectivity index (χ2n) is 4.97. The summed E-state index contributed by atoms with van der Waals surface area (Å²) < 4.78 is 1.38. The van der Waals surface area contributed by atoms with Crippen LogP contribution < -0.4 is 10.6 Å². The molecule has 1 aliphatic rings. The van der Waals surface area contributed by atoms with Gasteiger partial charge >= 0.3 is 0 Å². The fraction of sp³-hybridized carbons (Fsp3) is 0.267. The Kier molecular flexibility index (Phi) is 4.22. The van der Waals surface area contributed by atoms with Crippen molar-refractivity contribution >= 4 is 46.1 Å². The normalized spacial score (nSPS) is 15.5. The monoisotopic (exact) mass is 340 g/mol. The summed E-state index contributed by atoms with van der Waals surface area (Å²) in [5.74, 6) is 0.0769. The van der Waals surface area contributed by atoms with Crippen LogP contribution in [0.5, 0.6) is 0 Å². The fourth-order valence-corrected chi connectivity index (χ4v) is 4.17. The summed E-state index contributed by atoms with van der Waals surface area (Å²) in [4.78, 5) is 11.4. The van der Waals surface area contributed by atoms with E-state index >= 15 is 0 Å². The third kappa shape index (κ3) is 2.94. The Hall–Kier alpha value is -1.07. The molecule has 21 heavy (non-hydrogen) atoms. The first-order valence-electron chi connectivity index (χ1n) is 6.63. The van der Waals surface area contributed by atoms with Crippen molar-refractivity contribution in [2.24, 2.45) is 0 Å². The second-order valence-corrected chi connectivity index (χ2v) is 7.25. The molecule has 1 aromatic carbocycles. The number of amides is 1. The van der Waals surface area contributed by atoms with Gasteiger partial charge in [-0.25, -0.2) is 0 Å². The van der Waals surface area contributed by atoms with E-state index in [9.17, 15) is 4.79 Å². The topological polar surface area (TPSA) is 41.1 Å². The van der Waals surface area contributed by atoms with Crippen LogP contribution in [0, 0.1) is 0 Å². The van der Waals surface area contributed by atoms with E-state index in [0.29, 0.717) is 15.1 Å². The van der Waals surface area contributed by atoms with Crippen LogP contribution in [-0.4, -0.2) is 13.0 Å². The molecule has 0 saturated carbocycles. The molecule has 1 unspecified atom stereocenters. The maximum absolute atomic E-state index is 11.4. The Bertz CT molecular complexity index is 699. The van der Waals surface area contributed by atoms with Crippen LogP contribution in [0.2, 0.25) is 8.67 Å². The lowest BCUT2D eigenvalue weighted by atomic mass is 9.95. The van der Waals surface area contributed by atoms with Gasteiger partial charge < -0.3 is 10.6 Å². The van der Waals surface area contributed by atoms with Crippen molar-refractivity contribution in [3.8, 4) is 0 Å². The van der Waals surface area contributed by atoms with Gasteiger partial charge in [0, 0.05) is 17.7 Å². The number of nitrogens with one attached hydrogen (secondary N) is 2. The Morgan fingerprint density at radius 3 is 2.76 bits per heavy atom. The molecule has 0 radical (unpaired) electrons. The van der Waals surface area contributed by atoms with Crippen LogP contribution >= 0.6 is 34.5 Å². The zero-order valence-corrected chi connectivity index (χ0v) is 13.7. The molecule has 3 nitrogen and oxygen atoms in total. The van der Waals surface area contributed by atoms with Gasteiger partial charge in [-0.05, 0) is 36.7 Å². The highest BCUT2D eigenvalue weighted by molar-refractivity contribution is 7.20. The highest BCUT2D eigenvalue weighted by Crippen LogP contribution is 2.38. The number of anilines is 1. The van der Waals surface area contributed by atoms with Crippen molar-refractivity contribution in [1.82, 2.24) is 5.32 Å². The average Bonchev–Trinajstić information content (AvgIpc) is 2.79. The van der Waals surface area contributed by atoms with E-state index in [2.05, 4.69) is 16.7 Å². The van der Waals surface area contributed by atoms with E-state index in [1.807, 2.05) is 25.2 Å². The van der Waals surface area contributed by atoms with Gasteiger partial charge in [-0.1, -0.05) is 35.3 Å². The molecular formula is C15H14Cl2N2OS. The van der Waals surface area contributed by atoms with Crippen molar-refractivity contribution in [2.45, 2.75) is 18.9 Å². The summed E-state index contributed by atoms with van der Waals surface area (Å²) in [6, 6.07) is 7.97. The molecular weight excluding hydrogens is 327 g/mol. The number of rotatable bonds is 3. The molecule has 2 heterocycles. The molecule has 1 aliphatic heterocycles. The number of hydrogen-bond donors (Lipinski definition) is 2. The van der Waals surface area contributed by atoms with Crippen molar-refractivity contribution in [3.63, 3.8) is 0 Å². The zero-order chi connectivity index (χ0) is 15.0. The van der Waals surface area contributed by atoms with E-state index in [0.717, 1.165) is 28.8 Å². The third-order valence-electron chi connectivity index (χ3n) is 3.64. The maximum atomic E-state index is 11.4. The number of halogens is 2. The summed E-state index contributed by atoms with van der Waals surface area (Å²) in [7, 11) is 1.90. The maximum Gasteiger partial charge on any atom is 0.224 e. The van der Waals surface area contributed by atoms with E-state index in [4.69, 9.17) is 23.2 Å². The summed E-state index contributed by atoms with van der Waals surface area (Å²) in [5, 5.41) is 6.18. The number of fused-ring (bicyclic) bond motifs is 1. The molecule has 2 aromatic rings. The van der Waals surface area contributed by atoms with Gasteiger partial charge in [0.05, 0.1) is 14.7 Å². The summed E-state index contributed by atoms with van der Waals surface area (Å²) in [5.41, 5.74) is 4.15. The number of thiophene rings is 1. The minimum Gasteiger partial charge on any atom is -0.326 e. The number of hydrogen-bond acceptors (Lipinski definition) is 3. The Balaban J connectivity index is 1.98. The molecule has 1 amide bonds. The smallest absolute Gasteiger partial charge is 0.224 e. The van der Waals surface area contributed by atoms with Gasteiger partial charge in [-0.2, -0.15) is 0 Å². The molecule has 110 valence electrons. The van der Waals surface area contributed by atoms with Crippen molar-refractivity contribution in [1.29, 1.82) is 0 Å². The van der Waals surface area contributed by atoms with E-state index in [1.165, 1.54) is 11.3 Å². The third-order valence-corrected chi connectivity index (χ3v) is 5.16. The Morgan fingerprint density at radius 1 is 1.29 bits per heavy atom. The van der Waals surface area contributed by atoms with E-state index in [1.54, 1.807) is 0 Å². The molecule has 3 rings (SSSR count). The van der Waals surface area contributed by atoms with Crippen LogP contribution in [0.25, 0.3) is 0 Å². The second kappa shape index (κ2) is 5.97. The highest BCUT2D eigenvalue weighted by Gasteiger charge is 2.21. The molecule has 1 aromatic heterocycles. The van der Waals surface area contributed by atoms with E-state index in [-0.39, 0.29) is 11.9 Å². The van der Waals surface area contributed by atoms with Crippen LogP contribution in [0.15, 0.2) is 24.3 Å². The number of carbonyl (C=O) groups is 1. The first kappa shape index (κ1) is 14.9. The van der Waals surface area contributed by atoms with E-state index < -0.39 is 0 Å². The van der Waals surface area contributed by atoms with Crippen molar-refractivity contribution in [2.75, 3.05) is 12.4 Å². The molecule has 0 spiro atoms. The van der Waals surface area contributed by atoms with Crippen LogP contribution in [-0.2, 0) is 11.2 Å². The summed E-state index contributed by atoms with van der Waals surface area (Å²) in [6.07, 6.45) is 1.30. The molecule has 2 N–H and O–H groups in total. The van der Waals surface area contributed by atoms with Gasteiger partial charge in [0.2, 0.25) is 5.91 Å². The quantitative estimate of drug-likeness (QED) is 0.876. The predicted molar refractivity (Wildman–Crippen MR) is 88.6 cm³/mol. The van der Waals surface area contributed by atoms with Gasteiger partial charge in [0.15, 0.2) is 0 Å². The predicted octanol–water partition coefficient (Wildman–Crippen LogP) is 4.25. The van der Waals surface area contributed by atoms with Gasteiger partial charge in [0.25, 0.3) is 0 Å². The standard InChI is InChI=1S/C15H14Cl2N2OS/c1-18-14(10-7-12(16)21-15(10)17)9-2-4-11-8(6-9)3-5-13(20)19-11/h2,4,6-7,14,18H,3,5H2,1H3,(H,19,20). The average molecular weight is 341 g/mol. The van der Waals surface area contributed by atoms with Crippen LogP contribution in [0.1, 0.15) is 29.2 Å². The Labute approximate surface area is 137 Å². The van der Waals surface area contributed by atoms with Crippen LogP contribution in [0.3, 0.4) is 0 Å². The summed E-state index contributed by atoms with van der Waals surface area (Å²) >= 11 is 13.7. The lowest BCUT2D eigenvalue weighted by Gasteiger charge is -2.21. The molecule has 0 bridgehead atoms. The number of aryl methyl sites for hydroxylation is 1. The first-order chi connectivity index (χ1) is 10.1. The van der Waals surface area contributed by atoms with Crippen molar-refractivity contribution < 1.29 is 4.79 Å². The first-order valence-corrected chi connectivity index (χ1v) is 8.20. The molecule has 0 saturated heterocycles. The molecule has 1 atom stereocenters. The van der Waals surface area contributed by atoms with Crippen LogP contribution in [0.4, 0.5) is 5.69 Å². The zero-order valence-electron chi connectivity index (χ0n) is 11.4. The van der Waals surface area contributed by atoms with Gasteiger partial charge in [-0.15, -0.1) is 11.3 Å². The SMILES string of the molecule is CNC(c1ccc2c(c1)CCC(=O)N2)c1cc(Cl)sc1Cl. The minimum absolute atomic E-state index is 0.0100. The minimum atomic E-state index is -0.0100. The lowest BCUT2D eigenvalue weighted by Crippen LogP contribution is -2.21. The molecule has 0 fully saturated rings. The summed E-state index contributed by atoms with van der Waals surface area (Å²) in [6.45, 7) is 0. The fourth-order valence-electron chi connectivity index (χ4n) is 2.63.